The van der Waals surface area contributed by atoms with Gasteiger partial charge >= 0.3 is 0 Å². The van der Waals surface area contributed by atoms with Crippen LogP contribution >= 0.6 is 15.9 Å². The fourth-order valence-corrected chi connectivity index (χ4v) is 3.70. The number of nitrogens with zero attached hydrogens (tertiary/aromatic N) is 4. The van der Waals surface area contributed by atoms with E-state index in [1.165, 1.54) is 6.33 Å². The lowest BCUT2D eigenvalue weighted by Crippen LogP contribution is -2.34. The van der Waals surface area contributed by atoms with Crippen LogP contribution in [0.1, 0.15) is 38.3 Å². The molecular formula is C21H18BrN5O3. The summed E-state index contributed by atoms with van der Waals surface area (Å²) in [6.07, 6.45) is 3.15. The van der Waals surface area contributed by atoms with E-state index in [2.05, 4.69) is 31.3 Å². The molecule has 0 aliphatic carbocycles. The van der Waals surface area contributed by atoms with Gasteiger partial charge in [-0.2, -0.15) is 5.10 Å². The zero-order valence-electron chi connectivity index (χ0n) is 15.9. The van der Waals surface area contributed by atoms with Crippen molar-refractivity contribution in [2.24, 2.45) is 0 Å². The molecule has 0 spiro atoms. The molecule has 2 aromatic carbocycles. The second-order valence-electron chi connectivity index (χ2n) is 6.84. The SMILES string of the molecule is O=C(CCN1C(=O)c2ccc(Br)cc2C1=O)NCc1ccccc1Cn1cncn1. The van der Waals surface area contributed by atoms with Crippen molar-refractivity contribution in [3.63, 3.8) is 0 Å². The van der Waals surface area contributed by atoms with Gasteiger partial charge < -0.3 is 5.32 Å². The molecule has 30 heavy (non-hydrogen) atoms. The Morgan fingerprint density at radius 3 is 2.57 bits per heavy atom. The summed E-state index contributed by atoms with van der Waals surface area (Å²) in [7, 11) is 0. The molecule has 0 unspecified atom stereocenters. The van der Waals surface area contributed by atoms with Crippen LogP contribution in [-0.2, 0) is 17.9 Å². The predicted molar refractivity (Wildman–Crippen MR) is 112 cm³/mol. The number of hydrogen-bond acceptors (Lipinski definition) is 5. The lowest BCUT2D eigenvalue weighted by atomic mass is 10.1. The second kappa shape index (κ2) is 8.58. The van der Waals surface area contributed by atoms with Crippen LogP contribution in [0.3, 0.4) is 0 Å². The molecule has 3 amide bonds. The van der Waals surface area contributed by atoms with Gasteiger partial charge in [0.25, 0.3) is 11.8 Å². The summed E-state index contributed by atoms with van der Waals surface area (Å²) in [5, 5.41) is 6.97. The maximum Gasteiger partial charge on any atom is 0.261 e. The summed E-state index contributed by atoms with van der Waals surface area (Å²) in [4.78, 5) is 42.3. The van der Waals surface area contributed by atoms with Gasteiger partial charge in [-0.15, -0.1) is 0 Å². The van der Waals surface area contributed by atoms with Gasteiger partial charge in [0.1, 0.15) is 12.7 Å². The maximum atomic E-state index is 12.5. The van der Waals surface area contributed by atoms with E-state index in [0.29, 0.717) is 24.2 Å². The zero-order valence-corrected chi connectivity index (χ0v) is 17.5. The van der Waals surface area contributed by atoms with Crippen LogP contribution in [0.5, 0.6) is 0 Å². The first-order valence-electron chi connectivity index (χ1n) is 9.34. The summed E-state index contributed by atoms with van der Waals surface area (Å²) in [5.74, 6) is -0.973. The number of hydrogen-bond donors (Lipinski definition) is 1. The van der Waals surface area contributed by atoms with Crippen LogP contribution < -0.4 is 5.32 Å². The van der Waals surface area contributed by atoms with Gasteiger partial charge in [0, 0.05) is 24.0 Å². The molecule has 2 heterocycles. The standard InChI is InChI=1S/C21H18BrN5O3/c22-16-5-6-17-18(9-16)21(30)27(20(17)29)8-7-19(28)24-10-14-3-1-2-4-15(14)11-26-13-23-12-25-26/h1-6,9,12-13H,7-8,10-11H2,(H,24,28). The van der Waals surface area contributed by atoms with E-state index in [0.717, 1.165) is 20.5 Å². The summed E-state index contributed by atoms with van der Waals surface area (Å²) in [6, 6.07) is 12.7. The predicted octanol–water partition coefficient (Wildman–Crippen LogP) is 2.39. The first kappa shape index (κ1) is 20.0. The molecule has 4 rings (SSSR count). The van der Waals surface area contributed by atoms with Gasteiger partial charge in [0.15, 0.2) is 0 Å². The highest BCUT2D eigenvalue weighted by Crippen LogP contribution is 2.26. The van der Waals surface area contributed by atoms with Crippen molar-refractivity contribution >= 4 is 33.7 Å². The van der Waals surface area contributed by atoms with Gasteiger partial charge in [-0.05, 0) is 29.3 Å². The van der Waals surface area contributed by atoms with Gasteiger partial charge in [-0.3, -0.25) is 19.3 Å². The minimum Gasteiger partial charge on any atom is -0.352 e. The molecular weight excluding hydrogens is 450 g/mol. The number of nitrogens with one attached hydrogen (secondary N) is 1. The number of rotatable bonds is 7. The van der Waals surface area contributed by atoms with Crippen molar-refractivity contribution in [1.82, 2.24) is 25.0 Å². The maximum absolute atomic E-state index is 12.5. The lowest BCUT2D eigenvalue weighted by molar-refractivity contribution is -0.121. The molecule has 0 radical (unpaired) electrons. The summed E-state index contributed by atoms with van der Waals surface area (Å²) >= 11 is 3.31. The Morgan fingerprint density at radius 2 is 1.80 bits per heavy atom. The normalized spacial score (nSPS) is 12.9. The molecule has 152 valence electrons. The Hall–Kier alpha value is -3.33. The Labute approximate surface area is 181 Å². The average Bonchev–Trinajstić information content (AvgIpc) is 3.33. The molecule has 1 aliphatic heterocycles. The van der Waals surface area contributed by atoms with Crippen LogP contribution in [0.2, 0.25) is 0 Å². The summed E-state index contributed by atoms with van der Waals surface area (Å²) in [6.45, 7) is 0.936. The van der Waals surface area contributed by atoms with Crippen LogP contribution in [0.4, 0.5) is 0 Å². The van der Waals surface area contributed by atoms with Crippen molar-refractivity contribution < 1.29 is 14.4 Å². The van der Waals surface area contributed by atoms with Gasteiger partial charge in [-0.25, -0.2) is 9.67 Å². The molecule has 0 saturated heterocycles. The molecule has 1 aromatic heterocycles. The summed E-state index contributed by atoms with van der Waals surface area (Å²) < 4.78 is 2.44. The Kier molecular flexibility index (Phi) is 5.71. The van der Waals surface area contributed by atoms with Crippen molar-refractivity contribution in [2.75, 3.05) is 6.54 Å². The van der Waals surface area contributed by atoms with Crippen molar-refractivity contribution in [3.8, 4) is 0 Å². The zero-order chi connectivity index (χ0) is 21.1. The highest BCUT2D eigenvalue weighted by molar-refractivity contribution is 9.10. The van der Waals surface area contributed by atoms with E-state index in [1.807, 2.05) is 24.3 Å². The largest absolute Gasteiger partial charge is 0.352 e. The minimum atomic E-state index is -0.373. The Balaban J connectivity index is 1.33. The first-order chi connectivity index (χ1) is 14.5. The van der Waals surface area contributed by atoms with E-state index in [1.54, 1.807) is 29.2 Å². The molecule has 3 aromatic rings. The smallest absolute Gasteiger partial charge is 0.261 e. The van der Waals surface area contributed by atoms with E-state index >= 15 is 0 Å². The number of carbonyl (C=O) groups excluding carboxylic acids is 3. The molecule has 0 bridgehead atoms. The van der Waals surface area contributed by atoms with Crippen molar-refractivity contribution in [1.29, 1.82) is 0 Å². The number of benzene rings is 2. The highest BCUT2D eigenvalue weighted by atomic mass is 79.9. The van der Waals surface area contributed by atoms with Gasteiger partial charge in [0.05, 0.1) is 17.7 Å². The van der Waals surface area contributed by atoms with Gasteiger partial charge in [-0.1, -0.05) is 40.2 Å². The van der Waals surface area contributed by atoms with E-state index in [9.17, 15) is 14.4 Å². The topological polar surface area (TPSA) is 97.2 Å². The number of aromatic nitrogens is 3. The quantitative estimate of drug-likeness (QED) is 0.538. The van der Waals surface area contributed by atoms with Crippen LogP contribution in [0, 0.1) is 0 Å². The van der Waals surface area contributed by atoms with Gasteiger partial charge in [0.2, 0.25) is 5.91 Å². The highest BCUT2D eigenvalue weighted by Gasteiger charge is 2.35. The van der Waals surface area contributed by atoms with Crippen LogP contribution in [0.15, 0.2) is 59.6 Å². The number of imide groups is 1. The number of carbonyl (C=O) groups is 3. The molecule has 0 atom stereocenters. The third kappa shape index (κ3) is 4.16. The molecule has 0 saturated carbocycles. The monoisotopic (exact) mass is 467 g/mol. The van der Waals surface area contributed by atoms with Crippen molar-refractivity contribution in [2.45, 2.75) is 19.5 Å². The van der Waals surface area contributed by atoms with E-state index in [4.69, 9.17) is 0 Å². The summed E-state index contributed by atoms with van der Waals surface area (Å²) in [5.41, 5.74) is 2.71. The van der Waals surface area contributed by atoms with Crippen LogP contribution in [-0.4, -0.2) is 43.9 Å². The van der Waals surface area contributed by atoms with Crippen LogP contribution in [0.25, 0.3) is 0 Å². The minimum absolute atomic E-state index is 0.0381. The molecule has 9 heteroatoms. The fraction of sp³-hybridized carbons (Fsp3) is 0.190. The molecule has 1 N–H and O–H groups in total. The van der Waals surface area contributed by atoms with E-state index < -0.39 is 0 Å². The first-order valence-corrected chi connectivity index (χ1v) is 10.1. The second-order valence-corrected chi connectivity index (χ2v) is 7.76. The molecule has 8 nitrogen and oxygen atoms in total. The average molecular weight is 468 g/mol. The third-order valence-electron chi connectivity index (χ3n) is 4.89. The third-order valence-corrected chi connectivity index (χ3v) is 5.38. The number of amides is 3. The number of halogens is 1. The Bertz CT molecular complexity index is 1110. The molecule has 0 fully saturated rings. The number of fused-ring (bicyclic) bond motifs is 1. The Morgan fingerprint density at radius 1 is 1.03 bits per heavy atom. The van der Waals surface area contributed by atoms with E-state index in [-0.39, 0.29) is 30.7 Å². The fourth-order valence-electron chi connectivity index (χ4n) is 3.33. The van der Waals surface area contributed by atoms with Crippen molar-refractivity contribution in [3.05, 3.63) is 81.8 Å². The lowest BCUT2D eigenvalue weighted by Gasteiger charge is -2.14. The molecule has 1 aliphatic rings.